The van der Waals surface area contributed by atoms with Crippen LogP contribution >= 0.6 is 15.9 Å². The van der Waals surface area contributed by atoms with E-state index in [9.17, 15) is 4.79 Å². The van der Waals surface area contributed by atoms with E-state index < -0.39 is 0 Å². The molecule has 1 rings (SSSR count). The fourth-order valence-corrected chi connectivity index (χ4v) is 2.08. The molecular formula is C14H19BrN2O2. The lowest BCUT2D eigenvalue weighted by atomic mass is 10.2. The van der Waals surface area contributed by atoms with Crippen LogP contribution in [-0.4, -0.2) is 18.2 Å². The molecule has 0 spiro atoms. The lowest BCUT2D eigenvalue weighted by Gasteiger charge is -2.08. The van der Waals surface area contributed by atoms with Crippen molar-refractivity contribution < 1.29 is 9.53 Å². The number of hydrogen-bond acceptors (Lipinski definition) is 3. The number of nitrogens with one attached hydrogen (secondary N) is 1. The zero-order valence-corrected chi connectivity index (χ0v) is 13.1. The van der Waals surface area contributed by atoms with Gasteiger partial charge in [-0.15, -0.1) is 0 Å². The smallest absolute Gasteiger partial charge is 0.277 e. The van der Waals surface area contributed by atoms with Gasteiger partial charge in [-0.3, -0.25) is 4.79 Å². The number of rotatable bonds is 6. The first-order valence-electron chi connectivity index (χ1n) is 6.24. The minimum Gasteiger partial charge on any atom is -0.483 e. The van der Waals surface area contributed by atoms with E-state index in [1.54, 1.807) is 0 Å². The number of benzene rings is 1. The van der Waals surface area contributed by atoms with E-state index in [1.165, 1.54) is 0 Å². The first-order valence-corrected chi connectivity index (χ1v) is 7.03. The molecule has 19 heavy (non-hydrogen) atoms. The largest absolute Gasteiger partial charge is 0.483 e. The number of nitrogens with zero attached hydrogens (tertiary/aromatic N) is 1. The molecule has 0 saturated carbocycles. The minimum atomic E-state index is -0.261. The number of halogens is 1. The first-order chi connectivity index (χ1) is 9.02. The van der Waals surface area contributed by atoms with Crippen LogP contribution in [0.4, 0.5) is 0 Å². The molecule has 0 bridgehead atoms. The van der Waals surface area contributed by atoms with E-state index in [-0.39, 0.29) is 12.5 Å². The van der Waals surface area contributed by atoms with Gasteiger partial charge in [0.1, 0.15) is 5.75 Å². The summed E-state index contributed by atoms with van der Waals surface area (Å²) >= 11 is 3.40. The van der Waals surface area contributed by atoms with E-state index in [1.807, 2.05) is 32.0 Å². The molecule has 0 saturated heterocycles. The molecule has 5 heteroatoms. The van der Waals surface area contributed by atoms with Crippen molar-refractivity contribution in [3.05, 3.63) is 28.2 Å². The van der Waals surface area contributed by atoms with Gasteiger partial charge >= 0.3 is 0 Å². The second kappa shape index (κ2) is 7.94. The van der Waals surface area contributed by atoms with Crippen LogP contribution in [-0.2, 0) is 4.79 Å². The Morgan fingerprint density at radius 1 is 1.47 bits per heavy atom. The van der Waals surface area contributed by atoms with Crippen LogP contribution in [0, 0.1) is 6.92 Å². The van der Waals surface area contributed by atoms with Gasteiger partial charge in [0.25, 0.3) is 5.91 Å². The van der Waals surface area contributed by atoms with Crippen molar-refractivity contribution in [1.82, 2.24) is 5.43 Å². The van der Waals surface area contributed by atoms with Gasteiger partial charge in [0, 0.05) is 5.71 Å². The lowest BCUT2D eigenvalue weighted by Crippen LogP contribution is -2.25. The highest BCUT2D eigenvalue weighted by molar-refractivity contribution is 9.10. The number of ether oxygens (including phenoxy) is 1. The van der Waals surface area contributed by atoms with Crippen LogP contribution in [0.25, 0.3) is 0 Å². The molecule has 104 valence electrons. The van der Waals surface area contributed by atoms with Crippen molar-refractivity contribution in [2.45, 2.75) is 33.6 Å². The third kappa shape index (κ3) is 5.87. The van der Waals surface area contributed by atoms with Gasteiger partial charge in [0.15, 0.2) is 6.61 Å². The van der Waals surface area contributed by atoms with Gasteiger partial charge in [-0.2, -0.15) is 5.10 Å². The van der Waals surface area contributed by atoms with Gasteiger partial charge in [0.05, 0.1) is 4.47 Å². The third-order valence-electron chi connectivity index (χ3n) is 2.43. The summed E-state index contributed by atoms with van der Waals surface area (Å²) in [4.78, 5) is 11.5. The maximum atomic E-state index is 11.5. The normalized spacial score (nSPS) is 11.3. The maximum Gasteiger partial charge on any atom is 0.277 e. The third-order valence-corrected chi connectivity index (χ3v) is 3.05. The first kappa shape index (κ1) is 15.7. The molecule has 0 aliphatic heterocycles. The van der Waals surface area contributed by atoms with Crippen LogP contribution in [0.3, 0.4) is 0 Å². The molecule has 0 unspecified atom stereocenters. The molecule has 0 radical (unpaired) electrons. The summed E-state index contributed by atoms with van der Waals surface area (Å²) in [6, 6.07) is 5.70. The van der Waals surface area contributed by atoms with Crippen molar-refractivity contribution in [3.63, 3.8) is 0 Å². The highest BCUT2D eigenvalue weighted by atomic mass is 79.9. The standard InChI is InChI=1S/C14H19BrN2O2/c1-4-5-11(3)16-17-14(18)9-19-13-7-6-10(2)8-12(13)15/h6-8H,4-5,9H2,1-3H3,(H,17,18)/b16-11+. The number of amides is 1. The van der Waals surface area contributed by atoms with Crippen molar-refractivity contribution in [3.8, 4) is 5.75 Å². The van der Waals surface area contributed by atoms with Crippen LogP contribution < -0.4 is 10.2 Å². The number of hydrogen-bond donors (Lipinski definition) is 1. The minimum absolute atomic E-state index is 0.0510. The summed E-state index contributed by atoms with van der Waals surface area (Å²) in [5, 5.41) is 3.99. The topological polar surface area (TPSA) is 50.7 Å². The Morgan fingerprint density at radius 2 is 2.21 bits per heavy atom. The number of carbonyl (C=O) groups is 1. The fraction of sp³-hybridized carbons (Fsp3) is 0.429. The predicted molar refractivity (Wildman–Crippen MR) is 80.5 cm³/mol. The average molecular weight is 327 g/mol. The molecule has 1 aromatic carbocycles. The van der Waals surface area contributed by atoms with Crippen molar-refractivity contribution in [2.24, 2.45) is 5.10 Å². The van der Waals surface area contributed by atoms with E-state index in [4.69, 9.17) is 4.74 Å². The van der Waals surface area contributed by atoms with Crippen LogP contribution in [0.5, 0.6) is 5.75 Å². The fourth-order valence-electron chi connectivity index (χ4n) is 1.47. The van der Waals surface area contributed by atoms with Crippen LogP contribution in [0.1, 0.15) is 32.3 Å². The van der Waals surface area contributed by atoms with Crippen molar-refractivity contribution in [1.29, 1.82) is 0 Å². The van der Waals surface area contributed by atoms with Gasteiger partial charge in [-0.05, 0) is 53.9 Å². The van der Waals surface area contributed by atoms with Crippen molar-refractivity contribution >= 4 is 27.5 Å². The highest BCUT2D eigenvalue weighted by Crippen LogP contribution is 2.25. The molecule has 4 nitrogen and oxygen atoms in total. The zero-order chi connectivity index (χ0) is 14.3. The van der Waals surface area contributed by atoms with Gasteiger partial charge in [-0.1, -0.05) is 19.4 Å². The monoisotopic (exact) mass is 326 g/mol. The summed E-state index contributed by atoms with van der Waals surface area (Å²) < 4.78 is 6.26. The zero-order valence-electron chi connectivity index (χ0n) is 11.5. The van der Waals surface area contributed by atoms with E-state index in [0.717, 1.165) is 28.6 Å². The Kier molecular flexibility index (Phi) is 6.56. The number of hydrazone groups is 1. The van der Waals surface area contributed by atoms with E-state index in [0.29, 0.717) is 5.75 Å². The summed E-state index contributed by atoms with van der Waals surface area (Å²) in [5.41, 5.74) is 4.51. The molecule has 0 fully saturated rings. The maximum absolute atomic E-state index is 11.5. The Balaban J connectivity index is 2.44. The predicted octanol–water partition coefficient (Wildman–Crippen LogP) is 3.43. The number of aryl methyl sites for hydroxylation is 1. The van der Waals surface area contributed by atoms with E-state index in [2.05, 4.69) is 33.4 Å². The Hall–Kier alpha value is -1.36. The Morgan fingerprint density at radius 3 is 2.84 bits per heavy atom. The van der Waals surface area contributed by atoms with Crippen LogP contribution in [0.15, 0.2) is 27.8 Å². The molecule has 1 amide bonds. The second-order valence-electron chi connectivity index (χ2n) is 4.35. The molecule has 0 atom stereocenters. The lowest BCUT2D eigenvalue weighted by molar-refractivity contribution is -0.123. The molecule has 0 aliphatic rings. The van der Waals surface area contributed by atoms with Crippen molar-refractivity contribution in [2.75, 3.05) is 6.61 Å². The average Bonchev–Trinajstić information content (AvgIpc) is 2.35. The number of carbonyl (C=O) groups excluding carboxylic acids is 1. The summed E-state index contributed by atoms with van der Waals surface area (Å²) in [6.45, 7) is 5.90. The molecule has 0 aliphatic carbocycles. The van der Waals surface area contributed by atoms with E-state index >= 15 is 0 Å². The Labute approximate surface area is 122 Å². The van der Waals surface area contributed by atoms with Gasteiger partial charge in [-0.25, -0.2) is 5.43 Å². The Bertz CT molecular complexity index is 473. The quantitative estimate of drug-likeness (QED) is 0.643. The summed E-state index contributed by atoms with van der Waals surface area (Å²) in [7, 11) is 0. The molecule has 1 aromatic rings. The second-order valence-corrected chi connectivity index (χ2v) is 5.21. The molecule has 0 aromatic heterocycles. The summed E-state index contributed by atoms with van der Waals surface area (Å²) in [5.74, 6) is 0.387. The molecule has 1 N–H and O–H groups in total. The molecule has 0 heterocycles. The van der Waals surface area contributed by atoms with Gasteiger partial charge in [0.2, 0.25) is 0 Å². The van der Waals surface area contributed by atoms with Crippen LogP contribution in [0.2, 0.25) is 0 Å². The van der Waals surface area contributed by atoms with Gasteiger partial charge < -0.3 is 4.74 Å². The SMILES string of the molecule is CCC/C(C)=N/NC(=O)COc1ccc(C)cc1Br. The molecular weight excluding hydrogens is 308 g/mol. The highest BCUT2D eigenvalue weighted by Gasteiger charge is 2.05. The summed E-state index contributed by atoms with van der Waals surface area (Å²) in [6.07, 6.45) is 1.89.